The van der Waals surface area contributed by atoms with E-state index in [1.807, 2.05) is 31.2 Å². The highest BCUT2D eigenvalue weighted by Crippen LogP contribution is 2.34. The van der Waals surface area contributed by atoms with Gasteiger partial charge in [0.1, 0.15) is 11.7 Å². The van der Waals surface area contributed by atoms with E-state index in [1.54, 1.807) is 12.3 Å². The summed E-state index contributed by atoms with van der Waals surface area (Å²) in [5, 5.41) is 2.88. The molecule has 1 N–H and O–H groups in total. The second-order valence-corrected chi connectivity index (χ2v) is 7.59. The molecule has 2 aromatic carbocycles. The number of piperidine rings is 1. The quantitative estimate of drug-likeness (QED) is 0.794. The molecule has 1 atom stereocenters. The van der Waals surface area contributed by atoms with Gasteiger partial charge in [-0.3, -0.25) is 9.79 Å². The standard InChI is InChI=1S/C22H24FN3O/c1-14-8-10-26(11-9-14)20-7-6-16(12-18(20)23)24-13-17-21-15(2)4-3-5-19(21)25-22(17)27/h3-7,12-14,17H,8-11H2,1-2H3,(H,25,27). The molecule has 0 radical (unpaired) electrons. The Morgan fingerprint density at radius 1 is 1.22 bits per heavy atom. The van der Waals surface area contributed by atoms with Crippen molar-refractivity contribution < 1.29 is 9.18 Å². The Morgan fingerprint density at radius 2 is 2.00 bits per heavy atom. The van der Waals surface area contributed by atoms with E-state index in [0.29, 0.717) is 17.3 Å². The molecule has 0 aromatic heterocycles. The molecule has 1 unspecified atom stereocenters. The van der Waals surface area contributed by atoms with Crippen LogP contribution in [0.3, 0.4) is 0 Å². The number of aliphatic imine (C=N–C) groups is 1. The van der Waals surface area contributed by atoms with Gasteiger partial charge in [0, 0.05) is 31.1 Å². The number of benzene rings is 2. The maximum atomic E-state index is 14.6. The SMILES string of the molecule is Cc1cccc2c1C(C=Nc1ccc(N3CCC(C)CC3)c(F)c1)C(=O)N2. The van der Waals surface area contributed by atoms with E-state index in [2.05, 4.69) is 22.1 Å². The molecule has 5 heteroatoms. The van der Waals surface area contributed by atoms with Crippen molar-refractivity contribution in [3.05, 3.63) is 53.3 Å². The molecule has 0 saturated carbocycles. The highest BCUT2D eigenvalue weighted by Gasteiger charge is 2.30. The number of amides is 1. The van der Waals surface area contributed by atoms with Crippen LogP contribution in [0.1, 0.15) is 36.8 Å². The largest absolute Gasteiger partial charge is 0.369 e. The molecule has 1 amide bonds. The second-order valence-electron chi connectivity index (χ2n) is 7.59. The lowest BCUT2D eigenvalue weighted by atomic mass is 9.97. The Bertz CT molecular complexity index is 900. The Hall–Kier alpha value is -2.69. The Labute approximate surface area is 159 Å². The van der Waals surface area contributed by atoms with Crippen LogP contribution in [0.25, 0.3) is 0 Å². The molecule has 0 spiro atoms. The van der Waals surface area contributed by atoms with Crippen LogP contribution >= 0.6 is 0 Å². The van der Waals surface area contributed by atoms with Crippen LogP contribution < -0.4 is 10.2 Å². The van der Waals surface area contributed by atoms with Gasteiger partial charge in [-0.15, -0.1) is 0 Å². The minimum atomic E-state index is -0.437. The molecule has 1 saturated heterocycles. The summed E-state index contributed by atoms with van der Waals surface area (Å²) in [6.45, 7) is 6.00. The minimum absolute atomic E-state index is 0.0948. The third kappa shape index (κ3) is 3.46. The van der Waals surface area contributed by atoms with Gasteiger partial charge in [-0.1, -0.05) is 19.1 Å². The summed E-state index contributed by atoms with van der Waals surface area (Å²) in [6.07, 6.45) is 3.80. The van der Waals surface area contributed by atoms with E-state index < -0.39 is 5.92 Å². The van der Waals surface area contributed by atoms with Gasteiger partial charge in [-0.05, 0) is 55.0 Å². The Morgan fingerprint density at radius 3 is 2.74 bits per heavy atom. The van der Waals surface area contributed by atoms with Gasteiger partial charge in [0.05, 0.1) is 11.4 Å². The van der Waals surface area contributed by atoms with Gasteiger partial charge in [0.2, 0.25) is 5.91 Å². The summed E-state index contributed by atoms with van der Waals surface area (Å²) in [4.78, 5) is 18.8. The van der Waals surface area contributed by atoms with Gasteiger partial charge in [0.15, 0.2) is 0 Å². The van der Waals surface area contributed by atoms with Crippen LogP contribution in [0.4, 0.5) is 21.5 Å². The molecule has 2 heterocycles. The second kappa shape index (κ2) is 7.14. The fourth-order valence-corrected chi connectivity index (χ4v) is 3.93. The van der Waals surface area contributed by atoms with Crippen molar-refractivity contribution in [1.82, 2.24) is 0 Å². The zero-order valence-electron chi connectivity index (χ0n) is 15.7. The lowest BCUT2D eigenvalue weighted by Crippen LogP contribution is -2.33. The van der Waals surface area contributed by atoms with Crippen LogP contribution in [-0.4, -0.2) is 25.2 Å². The molecule has 2 aromatic rings. The van der Waals surface area contributed by atoms with Gasteiger partial charge in [-0.2, -0.15) is 0 Å². The zero-order valence-corrected chi connectivity index (χ0v) is 15.7. The number of anilines is 2. The third-order valence-corrected chi connectivity index (χ3v) is 5.60. The Kier molecular flexibility index (Phi) is 4.68. The topological polar surface area (TPSA) is 44.7 Å². The summed E-state index contributed by atoms with van der Waals surface area (Å²) < 4.78 is 14.6. The average molecular weight is 365 g/mol. The van der Waals surface area contributed by atoms with Crippen molar-refractivity contribution in [2.45, 2.75) is 32.6 Å². The van der Waals surface area contributed by atoms with Gasteiger partial charge < -0.3 is 10.2 Å². The summed E-state index contributed by atoms with van der Waals surface area (Å²) in [5.41, 5.74) is 3.99. The van der Waals surface area contributed by atoms with E-state index in [-0.39, 0.29) is 11.7 Å². The first-order chi connectivity index (χ1) is 13.0. The summed E-state index contributed by atoms with van der Waals surface area (Å²) in [5.74, 6) is -0.0844. The van der Waals surface area contributed by atoms with Crippen LogP contribution in [-0.2, 0) is 4.79 Å². The third-order valence-electron chi connectivity index (χ3n) is 5.60. The maximum absolute atomic E-state index is 14.6. The number of halogens is 1. The highest BCUT2D eigenvalue weighted by atomic mass is 19.1. The lowest BCUT2D eigenvalue weighted by molar-refractivity contribution is -0.115. The van der Waals surface area contributed by atoms with Crippen molar-refractivity contribution >= 4 is 29.2 Å². The first-order valence-corrected chi connectivity index (χ1v) is 9.52. The number of nitrogens with one attached hydrogen (secondary N) is 1. The maximum Gasteiger partial charge on any atom is 0.237 e. The summed E-state index contributed by atoms with van der Waals surface area (Å²) >= 11 is 0. The van der Waals surface area contributed by atoms with Crippen molar-refractivity contribution in [3.63, 3.8) is 0 Å². The molecular weight excluding hydrogens is 341 g/mol. The molecule has 4 rings (SSSR count). The number of carbonyl (C=O) groups excluding carboxylic acids is 1. The molecule has 2 aliphatic rings. The van der Waals surface area contributed by atoms with Gasteiger partial charge >= 0.3 is 0 Å². The molecule has 140 valence electrons. The number of aryl methyl sites for hydroxylation is 1. The van der Waals surface area contributed by atoms with Crippen LogP contribution in [0.2, 0.25) is 0 Å². The van der Waals surface area contributed by atoms with Crippen molar-refractivity contribution in [3.8, 4) is 0 Å². The predicted molar refractivity (Wildman–Crippen MR) is 108 cm³/mol. The Balaban J connectivity index is 1.54. The van der Waals surface area contributed by atoms with Crippen molar-refractivity contribution in [2.24, 2.45) is 10.9 Å². The highest BCUT2D eigenvalue weighted by molar-refractivity contribution is 6.13. The van der Waals surface area contributed by atoms with E-state index >= 15 is 0 Å². The molecule has 0 aliphatic carbocycles. The zero-order chi connectivity index (χ0) is 19.0. The molecule has 27 heavy (non-hydrogen) atoms. The van der Waals surface area contributed by atoms with Crippen molar-refractivity contribution in [2.75, 3.05) is 23.3 Å². The summed E-state index contributed by atoms with van der Waals surface area (Å²) in [7, 11) is 0. The lowest BCUT2D eigenvalue weighted by Gasteiger charge is -2.32. The first kappa shape index (κ1) is 17.7. The number of hydrogen-bond acceptors (Lipinski definition) is 3. The molecule has 2 aliphatic heterocycles. The number of fused-ring (bicyclic) bond motifs is 1. The molecule has 1 fully saturated rings. The van der Waals surface area contributed by atoms with Crippen LogP contribution in [0.5, 0.6) is 0 Å². The molecular formula is C22H24FN3O. The number of rotatable bonds is 3. The number of hydrogen-bond donors (Lipinski definition) is 1. The van der Waals surface area contributed by atoms with Crippen molar-refractivity contribution in [1.29, 1.82) is 0 Å². The monoisotopic (exact) mass is 365 g/mol. The fraction of sp³-hybridized carbons (Fsp3) is 0.364. The number of carbonyl (C=O) groups is 1. The normalized spacial score (nSPS) is 20.2. The fourth-order valence-electron chi connectivity index (χ4n) is 3.93. The van der Waals surface area contributed by atoms with Gasteiger partial charge in [0.25, 0.3) is 0 Å². The molecule has 0 bridgehead atoms. The summed E-state index contributed by atoms with van der Waals surface area (Å²) in [6, 6.07) is 10.9. The molecule has 4 nitrogen and oxygen atoms in total. The first-order valence-electron chi connectivity index (χ1n) is 9.52. The van der Waals surface area contributed by atoms with E-state index in [9.17, 15) is 9.18 Å². The van der Waals surface area contributed by atoms with Crippen LogP contribution in [0.15, 0.2) is 41.4 Å². The average Bonchev–Trinajstić information content (AvgIpc) is 2.97. The smallest absolute Gasteiger partial charge is 0.237 e. The van der Waals surface area contributed by atoms with E-state index in [0.717, 1.165) is 42.7 Å². The minimum Gasteiger partial charge on any atom is -0.369 e. The predicted octanol–water partition coefficient (Wildman–Crippen LogP) is 4.81. The van der Waals surface area contributed by atoms with Crippen LogP contribution in [0, 0.1) is 18.7 Å². The number of nitrogens with zero attached hydrogens (tertiary/aromatic N) is 2. The van der Waals surface area contributed by atoms with E-state index in [4.69, 9.17) is 0 Å². The van der Waals surface area contributed by atoms with E-state index in [1.165, 1.54) is 6.07 Å². The van der Waals surface area contributed by atoms with Gasteiger partial charge in [-0.25, -0.2) is 4.39 Å².